The van der Waals surface area contributed by atoms with E-state index in [4.69, 9.17) is 5.11 Å². The molecule has 5 heteroatoms. The van der Waals surface area contributed by atoms with E-state index in [1.54, 1.807) is 6.92 Å². The molecule has 0 saturated carbocycles. The maximum Gasteiger partial charge on any atom is 0.305 e. The van der Waals surface area contributed by atoms with Crippen LogP contribution < -0.4 is 0 Å². The summed E-state index contributed by atoms with van der Waals surface area (Å²) in [6, 6.07) is 7.67. The molecular weight excluding hydrogens is 256 g/mol. The smallest absolute Gasteiger partial charge is 0.305 e. The monoisotopic (exact) mass is 276 g/mol. The SMILES string of the molecule is CC(=O)CCn1cccc1.O=C(O)CCn1cccc1. The number of rotatable bonds is 6. The lowest BCUT2D eigenvalue weighted by Gasteiger charge is -1.97. The van der Waals surface area contributed by atoms with E-state index in [9.17, 15) is 9.59 Å². The van der Waals surface area contributed by atoms with Crippen molar-refractivity contribution in [1.29, 1.82) is 0 Å². The maximum absolute atomic E-state index is 10.5. The Balaban J connectivity index is 0.000000200. The molecule has 0 fully saturated rings. The highest BCUT2D eigenvalue weighted by atomic mass is 16.4. The van der Waals surface area contributed by atoms with Crippen LogP contribution in [0.4, 0.5) is 0 Å². The molecule has 0 unspecified atom stereocenters. The molecule has 2 rings (SSSR count). The fraction of sp³-hybridized carbons (Fsp3) is 0.333. The lowest BCUT2D eigenvalue weighted by atomic mass is 10.3. The molecule has 0 aliphatic rings. The normalized spacial score (nSPS) is 9.65. The van der Waals surface area contributed by atoms with Crippen molar-refractivity contribution in [3.05, 3.63) is 49.1 Å². The number of hydrogen-bond donors (Lipinski definition) is 1. The molecule has 2 aromatic heterocycles. The third kappa shape index (κ3) is 7.20. The van der Waals surface area contributed by atoms with E-state index >= 15 is 0 Å². The second-order valence-corrected chi connectivity index (χ2v) is 4.44. The van der Waals surface area contributed by atoms with Gasteiger partial charge in [-0.05, 0) is 31.2 Å². The molecule has 0 radical (unpaired) electrons. The van der Waals surface area contributed by atoms with Crippen LogP contribution in [-0.4, -0.2) is 26.0 Å². The van der Waals surface area contributed by atoms with Crippen LogP contribution in [0.2, 0.25) is 0 Å². The Kier molecular flexibility index (Phi) is 6.89. The van der Waals surface area contributed by atoms with Crippen molar-refractivity contribution in [2.24, 2.45) is 0 Å². The van der Waals surface area contributed by atoms with E-state index < -0.39 is 5.97 Å². The topological polar surface area (TPSA) is 64.2 Å². The first-order chi connectivity index (χ1) is 9.58. The summed E-state index contributed by atoms with van der Waals surface area (Å²) in [5.41, 5.74) is 0. The van der Waals surface area contributed by atoms with Crippen molar-refractivity contribution in [2.75, 3.05) is 0 Å². The number of nitrogens with zero attached hydrogens (tertiary/aromatic N) is 2. The van der Waals surface area contributed by atoms with Crippen LogP contribution >= 0.6 is 0 Å². The molecule has 0 aliphatic heterocycles. The highest BCUT2D eigenvalue weighted by Crippen LogP contribution is 1.93. The number of Topliss-reactive ketones (excluding diaryl/α,β-unsaturated/α-hetero) is 1. The fourth-order valence-electron chi connectivity index (χ4n) is 1.55. The Morgan fingerprint density at radius 2 is 1.25 bits per heavy atom. The fourth-order valence-corrected chi connectivity index (χ4v) is 1.55. The number of aryl methyl sites for hydroxylation is 2. The van der Waals surface area contributed by atoms with Crippen molar-refractivity contribution in [1.82, 2.24) is 9.13 Å². The Morgan fingerprint density at radius 1 is 0.850 bits per heavy atom. The van der Waals surface area contributed by atoms with Gasteiger partial charge in [0.05, 0.1) is 6.42 Å². The standard InChI is InChI=1S/C8H11NO.C7H9NO2/c1-8(10)4-7-9-5-2-3-6-9;9-7(10)3-6-8-4-1-2-5-8/h2-3,5-6H,4,7H2,1H3;1-2,4-5H,3,6H2,(H,9,10). The number of carboxylic acids is 1. The van der Waals surface area contributed by atoms with Crippen LogP contribution in [-0.2, 0) is 22.7 Å². The van der Waals surface area contributed by atoms with E-state index in [0.29, 0.717) is 13.0 Å². The first-order valence-corrected chi connectivity index (χ1v) is 6.50. The zero-order chi connectivity index (χ0) is 14.8. The minimum Gasteiger partial charge on any atom is -0.481 e. The summed E-state index contributed by atoms with van der Waals surface area (Å²) in [4.78, 5) is 20.6. The number of carboxylic acid groups (broad SMARTS) is 1. The van der Waals surface area contributed by atoms with Crippen LogP contribution in [0.1, 0.15) is 19.8 Å². The van der Waals surface area contributed by atoms with Gasteiger partial charge in [0.1, 0.15) is 5.78 Å². The van der Waals surface area contributed by atoms with Crippen LogP contribution in [0, 0.1) is 0 Å². The van der Waals surface area contributed by atoms with Crippen LogP contribution in [0.3, 0.4) is 0 Å². The Morgan fingerprint density at radius 3 is 1.60 bits per heavy atom. The molecule has 1 N–H and O–H groups in total. The number of carbonyl (C=O) groups is 2. The molecule has 5 nitrogen and oxygen atoms in total. The van der Waals surface area contributed by atoms with Gasteiger partial charge in [-0.25, -0.2) is 0 Å². The van der Waals surface area contributed by atoms with Gasteiger partial charge < -0.3 is 14.2 Å². The largest absolute Gasteiger partial charge is 0.481 e. The highest BCUT2D eigenvalue weighted by Gasteiger charge is 1.95. The van der Waals surface area contributed by atoms with Crippen molar-refractivity contribution in [3.8, 4) is 0 Å². The molecule has 0 aliphatic carbocycles. The third-order valence-corrected chi connectivity index (χ3v) is 2.64. The zero-order valence-electron chi connectivity index (χ0n) is 11.6. The van der Waals surface area contributed by atoms with E-state index in [0.717, 1.165) is 6.54 Å². The van der Waals surface area contributed by atoms with E-state index in [1.807, 2.05) is 58.2 Å². The molecule has 2 heterocycles. The van der Waals surface area contributed by atoms with Crippen molar-refractivity contribution >= 4 is 11.8 Å². The summed E-state index contributed by atoms with van der Waals surface area (Å²) >= 11 is 0. The molecule has 0 aromatic carbocycles. The molecule has 20 heavy (non-hydrogen) atoms. The molecule has 0 amide bonds. The Bertz CT molecular complexity index is 453. The molecule has 0 saturated heterocycles. The summed E-state index contributed by atoms with van der Waals surface area (Å²) in [5, 5.41) is 8.30. The van der Waals surface area contributed by atoms with Crippen LogP contribution in [0.5, 0.6) is 0 Å². The molecule has 108 valence electrons. The quantitative estimate of drug-likeness (QED) is 0.881. The predicted octanol–water partition coefficient (Wildman–Crippen LogP) is 2.43. The molecule has 0 spiro atoms. The molecule has 0 bridgehead atoms. The van der Waals surface area contributed by atoms with Gasteiger partial charge in [0, 0.05) is 44.3 Å². The average molecular weight is 276 g/mol. The van der Waals surface area contributed by atoms with E-state index in [1.165, 1.54) is 0 Å². The maximum atomic E-state index is 10.5. The lowest BCUT2D eigenvalue weighted by Crippen LogP contribution is -2.01. The third-order valence-electron chi connectivity index (χ3n) is 2.64. The second kappa shape index (κ2) is 8.74. The van der Waals surface area contributed by atoms with Gasteiger partial charge in [0.15, 0.2) is 0 Å². The van der Waals surface area contributed by atoms with Crippen molar-refractivity contribution < 1.29 is 14.7 Å². The van der Waals surface area contributed by atoms with Gasteiger partial charge in [0.25, 0.3) is 0 Å². The minimum absolute atomic E-state index is 0.189. The van der Waals surface area contributed by atoms with E-state index in [2.05, 4.69) is 0 Å². The van der Waals surface area contributed by atoms with Gasteiger partial charge in [-0.3, -0.25) is 9.59 Å². The summed E-state index contributed by atoms with van der Waals surface area (Å²) < 4.78 is 3.84. The van der Waals surface area contributed by atoms with Gasteiger partial charge in [-0.15, -0.1) is 0 Å². The molecular formula is C15H20N2O3. The predicted molar refractivity (Wildman–Crippen MR) is 76.4 cm³/mol. The average Bonchev–Trinajstić information content (AvgIpc) is 3.08. The minimum atomic E-state index is -0.756. The van der Waals surface area contributed by atoms with Crippen molar-refractivity contribution in [3.63, 3.8) is 0 Å². The number of aromatic nitrogens is 2. The second-order valence-electron chi connectivity index (χ2n) is 4.44. The summed E-state index contributed by atoms with van der Waals surface area (Å²) in [6.45, 7) is 2.98. The number of carbonyl (C=O) groups excluding carboxylic acids is 1. The molecule has 0 atom stereocenters. The van der Waals surface area contributed by atoms with Gasteiger partial charge in [0.2, 0.25) is 0 Å². The Hall–Kier alpha value is -2.30. The molecule has 2 aromatic rings. The number of ketones is 1. The van der Waals surface area contributed by atoms with Crippen molar-refractivity contribution in [2.45, 2.75) is 32.9 Å². The number of aliphatic carboxylic acids is 1. The summed E-state index contributed by atoms with van der Waals surface area (Å²) in [6.07, 6.45) is 8.45. The summed E-state index contributed by atoms with van der Waals surface area (Å²) in [5.74, 6) is -0.512. The lowest BCUT2D eigenvalue weighted by molar-refractivity contribution is -0.137. The highest BCUT2D eigenvalue weighted by molar-refractivity contribution is 5.75. The summed E-state index contributed by atoms with van der Waals surface area (Å²) in [7, 11) is 0. The number of hydrogen-bond acceptors (Lipinski definition) is 2. The Labute approximate surface area is 118 Å². The van der Waals surface area contributed by atoms with Crippen LogP contribution in [0.15, 0.2) is 49.1 Å². The van der Waals surface area contributed by atoms with Gasteiger partial charge in [-0.2, -0.15) is 0 Å². The first-order valence-electron chi connectivity index (χ1n) is 6.50. The van der Waals surface area contributed by atoms with Gasteiger partial charge in [-0.1, -0.05) is 0 Å². The van der Waals surface area contributed by atoms with Crippen LogP contribution in [0.25, 0.3) is 0 Å². The zero-order valence-corrected chi connectivity index (χ0v) is 11.6. The van der Waals surface area contributed by atoms with E-state index in [-0.39, 0.29) is 12.2 Å². The first kappa shape index (κ1) is 15.8. The van der Waals surface area contributed by atoms with Gasteiger partial charge >= 0.3 is 5.97 Å².